The Bertz CT molecular complexity index is 605. The van der Waals surface area contributed by atoms with Gasteiger partial charge in [0.1, 0.15) is 29.0 Å². The topological polar surface area (TPSA) is 55.3 Å². The van der Waals surface area contributed by atoms with Gasteiger partial charge in [-0.25, -0.2) is 14.4 Å². The Kier molecular flexibility index (Phi) is 5.05. The molecule has 1 aromatic carbocycles. The summed E-state index contributed by atoms with van der Waals surface area (Å²) in [5, 5.41) is 0.230. The third-order valence-corrected chi connectivity index (χ3v) is 2.89. The lowest BCUT2D eigenvalue weighted by Gasteiger charge is -2.16. The number of nitrogens with zero attached hydrogens (tertiary/aromatic N) is 3. The third kappa shape index (κ3) is 4.39. The first-order chi connectivity index (χ1) is 10.1. The molecule has 0 spiro atoms. The lowest BCUT2D eigenvalue weighted by molar-refractivity contribution is 0.0767. The highest BCUT2D eigenvalue weighted by Gasteiger charge is 2.13. The van der Waals surface area contributed by atoms with Gasteiger partial charge in [-0.15, -0.1) is 0 Å². The molecule has 0 unspecified atom stereocenters. The molecule has 110 valence electrons. The Morgan fingerprint density at radius 1 is 1.29 bits per heavy atom. The number of carbonyl (C=O) groups is 1. The summed E-state index contributed by atoms with van der Waals surface area (Å²) in [4.78, 5) is 21.2. The number of carbonyl (C=O) groups excluding carboxylic acids is 1. The van der Waals surface area contributed by atoms with Crippen LogP contribution in [0, 0.1) is 5.82 Å². The molecule has 1 heterocycles. The van der Waals surface area contributed by atoms with Crippen molar-refractivity contribution in [3.05, 3.63) is 53.3 Å². The molecular formula is C14H13ClFN3O2. The van der Waals surface area contributed by atoms with Crippen molar-refractivity contribution in [1.29, 1.82) is 0 Å². The number of rotatable bonds is 5. The van der Waals surface area contributed by atoms with Crippen molar-refractivity contribution in [2.75, 3.05) is 20.2 Å². The SMILES string of the molecule is CN(CCOc1ccc(F)cc1)C(=O)c1cnc(Cl)cn1. The van der Waals surface area contributed by atoms with E-state index in [-0.39, 0.29) is 29.2 Å². The first kappa shape index (κ1) is 15.2. The van der Waals surface area contributed by atoms with Crippen LogP contribution in [-0.4, -0.2) is 41.0 Å². The van der Waals surface area contributed by atoms with Crippen LogP contribution in [0.15, 0.2) is 36.7 Å². The van der Waals surface area contributed by atoms with E-state index in [0.29, 0.717) is 12.3 Å². The summed E-state index contributed by atoms with van der Waals surface area (Å²) in [7, 11) is 1.63. The van der Waals surface area contributed by atoms with Crippen LogP contribution in [0.25, 0.3) is 0 Å². The molecule has 0 N–H and O–H groups in total. The average molecular weight is 310 g/mol. The van der Waals surface area contributed by atoms with E-state index in [1.807, 2.05) is 0 Å². The predicted molar refractivity (Wildman–Crippen MR) is 75.9 cm³/mol. The fraction of sp³-hybridized carbons (Fsp3) is 0.214. The molecule has 0 saturated carbocycles. The molecule has 0 aliphatic rings. The van der Waals surface area contributed by atoms with Gasteiger partial charge in [-0.05, 0) is 24.3 Å². The van der Waals surface area contributed by atoms with E-state index in [9.17, 15) is 9.18 Å². The number of ether oxygens (including phenoxy) is 1. The molecule has 1 amide bonds. The van der Waals surface area contributed by atoms with Crippen molar-refractivity contribution >= 4 is 17.5 Å². The van der Waals surface area contributed by atoms with Gasteiger partial charge in [0.2, 0.25) is 0 Å². The molecule has 1 aromatic heterocycles. The van der Waals surface area contributed by atoms with Crippen LogP contribution >= 0.6 is 11.6 Å². The molecule has 0 aliphatic carbocycles. The standard InChI is InChI=1S/C14H13ClFN3O2/c1-19(14(20)12-8-18-13(15)9-17-12)6-7-21-11-4-2-10(16)3-5-11/h2-5,8-9H,6-7H2,1H3. The summed E-state index contributed by atoms with van der Waals surface area (Å²) >= 11 is 5.61. The smallest absolute Gasteiger partial charge is 0.273 e. The maximum Gasteiger partial charge on any atom is 0.273 e. The van der Waals surface area contributed by atoms with Crippen molar-refractivity contribution in [2.45, 2.75) is 0 Å². The highest BCUT2D eigenvalue weighted by atomic mass is 35.5. The number of hydrogen-bond acceptors (Lipinski definition) is 4. The van der Waals surface area contributed by atoms with Gasteiger partial charge in [-0.3, -0.25) is 4.79 Å². The van der Waals surface area contributed by atoms with E-state index in [2.05, 4.69) is 9.97 Å². The van der Waals surface area contributed by atoms with Gasteiger partial charge in [0.25, 0.3) is 5.91 Å². The van der Waals surface area contributed by atoms with Crippen LogP contribution in [0.4, 0.5) is 4.39 Å². The number of hydrogen-bond donors (Lipinski definition) is 0. The minimum atomic E-state index is -0.323. The second-order valence-corrected chi connectivity index (χ2v) is 4.64. The summed E-state index contributed by atoms with van der Waals surface area (Å²) in [5.74, 6) is -0.0543. The quantitative estimate of drug-likeness (QED) is 0.851. The van der Waals surface area contributed by atoms with Crippen molar-refractivity contribution in [1.82, 2.24) is 14.9 Å². The number of aromatic nitrogens is 2. The molecule has 0 fully saturated rings. The summed E-state index contributed by atoms with van der Waals surface area (Å²) in [6, 6.07) is 5.69. The van der Waals surface area contributed by atoms with E-state index < -0.39 is 0 Å². The third-order valence-electron chi connectivity index (χ3n) is 2.70. The maximum atomic E-state index is 12.7. The van der Waals surface area contributed by atoms with Crippen LogP contribution in [0.2, 0.25) is 5.15 Å². The normalized spacial score (nSPS) is 10.2. The van der Waals surface area contributed by atoms with Gasteiger partial charge in [-0.1, -0.05) is 11.6 Å². The van der Waals surface area contributed by atoms with Crippen LogP contribution in [0.1, 0.15) is 10.5 Å². The van der Waals surface area contributed by atoms with E-state index >= 15 is 0 Å². The van der Waals surface area contributed by atoms with Crippen molar-refractivity contribution < 1.29 is 13.9 Å². The second kappa shape index (κ2) is 6.99. The number of benzene rings is 1. The molecule has 7 heteroatoms. The molecule has 5 nitrogen and oxygen atoms in total. The first-order valence-electron chi connectivity index (χ1n) is 6.17. The molecule has 2 aromatic rings. The van der Waals surface area contributed by atoms with Gasteiger partial charge < -0.3 is 9.64 Å². The van der Waals surface area contributed by atoms with E-state index in [0.717, 1.165) is 0 Å². The fourth-order valence-corrected chi connectivity index (χ4v) is 1.65. The number of amides is 1. The Morgan fingerprint density at radius 2 is 2.00 bits per heavy atom. The molecule has 0 radical (unpaired) electrons. The zero-order valence-corrected chi connectivity index (χ0v) is 12.0. The zero-order chi connectivity index (χ0) is 15.2. The summed E-state index contributed by atoms with van der Waals surface area (Å²) in [6.45, 7) is 0.648. The highest BCUT2D eigenvalue weighted by molar-refractivity contribution is 6.29. The van der Waals surface area contributed by atoms with Crippen molar-refractivity contribution in [2.24, 2.45) is 0 Å². The summed E-state index contributed by atoms with van der Waals surface area (Å²) in [5.41, 5.74) is 0.212. The molecular weight excluding hydrogens is 297 g/mol. The van der Waals surface area contributed by atoms with Gasteiger partial charge in [0.15, 0.2) is 0 Å². The molecule has 21 heavy (non-hydrogen) atoms. The Hall–Kier alpha value is -2.21. The predicted octanol–water partition coefficient (Wildman–Crippen LogP) is 2.42. The molecule has 0 saturated heterocycles. The van der Waals surface area contributed by atoms with Crippen LogP contribution in [-0.2, 0) is 0 Å². The molecule has 2 rings (SSSR count). The summed E-state index contributed by atoms with van der Waals surface area (Å²) < 4.78 is 18.1. The van der Waals surface area contributed by atoms with E-state index in [1.165, 1.54) is 41.6 Å². The molecule has 0 bridgehead atoms. The number of likely N-dealkylation sites (N-methyl/N-ethyl adjacent to an activating group) is 1. The average Bonchev–Trinajstić information content (AvgIpc) is 2.49. The van der Waals surface area contributed by atoms with E-state index in [1.54, 1.807) is 7.05 Å². The van der Waals surface area contributed by atoms with Gasteiger partial charge >= 0.3 is 0 Å². The van der Waals surface area contributed by atoms with Gasteiger partial charge in [-0.2, -0.15) is 0 Å². The maximum absolute atomic E-state index is 12.7. The van der Waals surface area contributed by atoms with Crippen molar-refractivity contribution in [3.63, 3.8) is 0 Å². The lowest BCUT2D eigenvalue weighted by Crippen LogP contribution is -2.31. The number of halogens is 2. The monoisotopic (exact) mass is 309 g/mol. The highest BCUT2D eigenvalue weighted by Crippen LogP contribution is 2.11. The van der Waals surface area contributed by atoms with Gasteiger partial charge in [0, 0.05) is 7.05 Å². The minimum Gasteiger partial charge on any atom is -0.492 e. The Morgan fingerprint density at radius 3 is 2.62 bits per heavy atom. The van der Waals surface area contributed by atoms with Crippen molar-refractivity contribution in [3.8, 4) is 5.75 Å². The Balaban J connectivity index is 1.83. The van der Waals surface area contributed by atoms with Crippen LogP contribution < -0.4 is 4.74 Å². The van der Waals surface area contributed by atoms with Crippen LogP contribution in [0.5, 0.6) is 5.75 Å². The van der Waals surface area contributed by atoms with Crippen LogP contribution in [0.3, 0.4) is 0 Å². The lowest BCUT2D eigenvalue weighted by atomic mass is 10.3. The summed E-state index contributed by atoms with van der Waals surface area (Å²) in [6.07, 6.45) is 2.64. The van der Waals surface area contributed by atoms with Gasteiger partial charge in [0.05, 0.1) is 18.9 Å². The minimum absolute atomic E-state index is 0.212. The fourth-order valence-electron chi connectivity index (χ4n) is 1.55. The van der Waals surface area contributed by atoms with E-state index in [4.69, 9.17) is 16.3 Å². The Labute approximate surface area is 126 Å². The molecule has 0 atom stereocenters. The second-order valence-electron chi connectivity index (χ2n) is 4.25. The largest absolute Gasteiger partial charge is 0.492 e. The first-order valence-corrected chi connectivity index (χ1v) is 6.55. The molecule has 0 aliphatic heterocycles. The zero-order valence-electron chi connectivity index (χ0n) is 11.3.